The highest BCUT2D eigenvalue weighted by Gasteiger charge is 2.16. The fraction of sp³-hybridized carbons (Fsp3) is 0.238. The molecule has 0 fully saturated rings. The highest BCUT2D eigenvalue weighted by molar-refractivity contribution is 7.99. The Balaban J connectivity index is 1.54. The predicted octanol–water partition coefficient (Wildman–Crippen LogP) is 4.19. The molecule has 31 heavy (non-hydrogen) atoms. The van der Waals surface area contributed by atoms with Crippen LogP contribution in [0, 0.1) is 0 Å². The number of nitrogens with one attached hydrogen (secondary N) is 2. The van der Waals surface area contributed by atoms with Gasteiger partial charge in [-0.25, -0.2) is 0 Å². The molecule has 2 aromatic carbocycles. The molecule has 0 spiro atoms. The maximum absolute atomic E-state index is 12.4. The quantitative estimate of drug-likeness (QED) is 0.450. The van der Waals surface area contributed by atoms with E-state index in [2.05, 4.69) is 20.8 Å². The van der Waals surface area contributed by atoms with Crippen LogP contribution in [0.15, 0.2) is 53.7 Å². The number of aromatic nitrogens is 3. The van der Waals surface area contributed by atoms with Gasteiger partial charge in [0, 0.05) is 18.8 Å². The van der Waals surface area contributed by atoms with Crippen molar-refractivity contribution in [2.45, 2.75) is 31.6 Å². The normalized spacial score (nSPS) is 10.7. The summed E-state index contributed by atoms with van der Waals surface area (Å²) in [6, 6.07) is 14.6. The molecule has 3 aromatic rings. The number of benzene rings is 2. The standard InChI is InChI=1S/C21H21Cl2N5O2S/c1-2-28-18(11-19(29)25-15-8-9-16(22)17(23)10-15)26-27-21(28)31-13-20(30)24-12-14-6-4-3-5-7-14/h3-10H,2,11-13H2,1H3,(H,24,30)(H,25,29). The van der Waals surface area contributed by atoms with Gasteiger partial charge in [-0.2, -0.15) is 0 Å². The number of thioether (sulfide) groups is 1. The van der Waals surface area contributed by atoms with E-state index in [0.717, 1.165) is 5.56 Å². The van der Waals surface area contributed by atoms with Crippen LogP contribution in [0.1, 0.15) is 18.3 Å². The summed E-state index contributed by atoms with van der Waals surface area (Å²) in [5, 5.41) is 15.3. The van der Waals surface area contributed by atoms with Crippen LogP contribution >= 0.6 is 35.0 Å². The Labute approximate surface area is 194 Å². The largest absolute Gasteiger partial charge is 0.351 e. The Bertz CT molecular complexity index is 1060. The molecule has 0 atom stereocenters. The van der Waals surface area contributed by atoms with Gasteiger partial charge in [-0.15, -0.1) is 10.2 Å². The highest BCUT2D eigenvalue weighted by Crippen LogP contribution is 2.25. The van der Waals surface area contributed by atoms with Crippen LogP contribution in [-0.2, 0) is 29.1 Å². The minimum absolute atomic E-state index is 0.0435. The molecule has 7 nitrogen and oxygen atoms in total. The first-order valence-corrected chi connectivity index (χ1v) is 11.3. The van der Waals surface area contributed by atoms with Crippen molar-refractivity contribution in [2.75, 3.05) is 11.1 Å². The second-order valence-corrected chi connectivity index (χ2v) is 8.30. The van der Waals surface area contributed by atoms with Crippen molar-refractivity contribution < 1.29 is 9.59 Å². The fourth-order valence-corrected chi connectivity index (χ4v) is 3.92. The first-order valence-electron chi connectivity index (χ1n) is 9.56. The molecule has 0 unspecified atom stereocenters. The Kier molecular flexibility index (Phi) is 8.34. The van der Waals surface area contributed by atoms with E-state index in [1.54, 1.807) is 18.2 Å². The summed E-state index contributed by atoms with van der Waals surface area (Å²) in [5.74, 6) is 0.379. The van der Waals surface area contributed by atoms with Crippen LogP contribution in [0.4, 0.5) is 5.69 Å². The SMILES string of the molecule is CCn1c(CC(=O)Nc2ccc(Cl)c(Cl)c2)nnc1SCC(=O)NCc1ccccc1. The molecule has 3 rings (SSSR count). The summed E-state index contributed by atoms with van der Waals surface area (Å²) in [7, 11) is 0. The van der Waals surface area contributed by atoms with E-state index in [9.17, 15) is 9.59 Å². The van der Waals surface area contributed by atoms with Gasteiger partial charge >= 0.3 is 0 Å². The van der Waals surface area contributed by atoms with Crippen LogP contribution in [0.25, 0.3) is 0 Å². The number of carbonyl (C=O) groups excluding carboxylic acids is 2. The number of anilines is 1. The monoisotopic (exact) mass is 477 g/mol. The van der Waals surface area contributed by atoms with Gasteiger partial charge in [-0.05, 0) is 30.7 Å². The van der Waals surface area contributed by atoms with E-state index in [0.29, 0.717) is 39.8 Å². The first kappa shape index (κ1) is 23.1. The second kappa shape index (κ2) is 11.2. The molecule has 1 aromatic heterocycles. The van der Waals surface area contributed by atoms with Crippen LogP contribution in [0.3, 0.4) is 0 Å². The number of hydrogen-bond donors (Lipinski definition) is 2. The van der Waals surface area contributed by atoms with E-state index in [-0.39, 0.29) is 24.0 Å². The number of amides is 2. The molecular formula is C21H21Cl2N5O2S. The Morgan fingerprint density at radius 1 is 1.03 bits per heavy atom. The average molecular weight is 478 g/mol. The van der Waals surface area contributed by atoms with E-state index in [4.69, 9.17) is 23.2 Å². The molecule has 0 bridgehead atoms. The zero-order valence-electron chi connectivity index (χ0n) is 16.8. The van der Waals surface area contributed by atoms with Crippen molar-refractivity contribution in [3.63, 3.8) is 0 Å². The van der Waals surface area contributed by atoms with Crippen LogP contribution < -0.4 is 10.6 Å². The van der Waals surface area contributed by atoms with Crippen molar-refractivity contribution in [2.24, 2.45) is 0 Å². The first-order chi connectivity index (χ1) is 15.0. The summed E-state index contributed by atoms with van der Waals surface area (Å²) in [4.78, 5) is 24.6. The lowest BCUT2D eigenvalue weighted by Gasteiger charge is -2.09. The van der Waals surface area contributed by atoms with Gasteiger partial charge in [-0.3, -0.25) is 9.59 Å². The summed E-state index contributed by atoms with van der Waals surface area (Å²) in [5.41, 5.74) is 1.58. The lowest BCUT2D eigenvalue weighted by Crippen LogP contribution is -2.24. The number of hydrogen-bond acceptors (Lipinski definition) is 5. The van der Waals surface area contributed by atoms with E-state index >= 15 is 0 Å². The van der Waals surface area contributed by atoms with Crippen molar-refractivity contribution in [1.82, 2.24) is 20.1 Å². The molecule has 162 valence electrons. The van der Waals surface area contributed by atoms with Crippen LogP contribution in [0.2, 0.25) is 10.0 Å². The summed E-state index contributed by atoms with van der Waals surface area (Å²) < 4.78 is 1.82. The molecular weight excluding hydrogens is 457 g/mol. The molecule has 0 aliphatic carbocycles. The predicted molar refractivity (Wildman–Crippen MR) is 124 cm³/mol. The highest BCUT2D eigenvalue weighted by atomic mass is 35.5. The van der Waals surface area contributed by atoms with Gasteiger partial charge < -0.3 is 15.2 Å². The zero-order valence-corrected chi connectivity index (χ0v) is 19.1. The molecule has 1 heterocycles. The second-order valence-electron chi connectivity index (χ2n) is 6.55. The van der Waals surface area contributed by atoms with E-state index in [1.807, 2.05) is 41.8 Å². The summed E-state index contributed by atoms with van der Waals surface area (Å²) >= 11 is 13.2. The molecule has 2 amide bonds. The molecule has 0 aliphatic heterocycles. The molecule has 0 saturated carbocycles. The molecule has 2 N–H and O–H groups in total. The van der Waals surface area contributed by atoms with E-state index < -0.39 is 0 Å². The van der Waals surface area contributed by atoms with Crippen LogP contribution in [0.5, 0.6) is 0 Å². The molecule has 0 radical (unpaired) electrons. The van der Waals surface area contributed by atoms with Crippen molar-refractivity contribution in [3.8, 4) is 0 Å². The Hall–Kier alpha value is -2.55. The number of rotatable bonds is 9. The number of halogens is 2. The van der Waals surface area contributed by atoms with Gasteiger partial charge in [0.25, 0.3) is 0 Å². The van der Waals surface area contributed by atoms with Gasteiger partial charge in [0.15, 0.2) is 5.16 Å². The van der Waals surface area contributed by atoms with Gasteiger partial charge in [-0.1, -0.05) is 65.3 Å². The number of carbonyl (C=O) groups is 2. The topological polar surface area (TPSA) is 88.9 Å². The third-order valence-corrected chi connectivity index (χ3v) is 6.00. The van der Waals surface area contributed by atoms with Crippen LogP contribution in [-0.4, -0.2) is 32.3 Å². The van der Waals surface area contributed by atoms with Gasteiger partial charge in [0.2, 0.25) is 11.8 Å². The minimum Gasteiger partial charge on any atom is -0.351 e. The Morgan fingerprint density at radius 2 is 1.81 bits per heavy atom. The smallest absolute Gasteiger partial charge is 0.232 e. The van der Waals surface area contributed by atoms with Crippen molar-refractivity contribution in [1.29, 1.82) is 0 Å². The third-order valence-electron chi connectivity index (χ3n) is 4.30. The zero-order chi connectivity index (χ0) is 22.2. The lowest BCUT2D eigenvalue weighted by atomic mass is 10.2. The molecule has 10 heteroatoms. The van der Waals surface area contributed by atoms with E-state index in [1.165, 1.54) is 11.8 Å². The molecule has 0 saturated heterocycles. The maximum atomic E-state index is 12.4. The Morgan fingerprint density at radius 3 is 2.52 bits per heavy atom. The number of nitrogens with zero attached hydrogens (tertiary/aromatic N) is 3. The lowest BCUT2D eigenvalue weighted by molar-refractivity contribution is -0.118. The van der Waals surface area contributed by atoms with Crippen molar-refractivity contribution >= 4 is 52.5 Å². The van der Waals surface area contributed by atoms with Gasteiger partial charge in [0.05, 0.1) is 22.2 Å². The third kappa shape index (κ3) is 6.72. The molecule has 0 aliphatic rings. The van der Waals surface area contributed by atoms with Gasteiger partial charge in [0.1, 0.15) is 5.82 Å². The summed E-state index contributed by atoms with van der Waals surface area (Å²) in [6.07, 6.45) is 0.0435. The summed E-state index contributed by atoms with van der Waals surface area (Å²) in [6.45, 7) is 2.99. The fourth-order valence-electron chi connectivity index (χ4n) is 2.77. The minimum atomic E-state index is -0.252. The van der Waals surface area contributed by atoms with Crippen molar-refractivity contribution in [3.05, 3.63) is 70.0 Å². The average Bonchev–Trinajstić information content (AvgIpc) is 3.15. The maximum Gasteiger partial charge on any atom is 0.232 e.